The molecule has 1 aromatic heterocycles. The van der Waals surface area contributed by atoms with Crippen molar-refractivity contribution in [1.29, 1.82) is 0 Å². The van der Waals surface area contributed by atoms with E-state index in [1.807, 2.05) is 0 Å². The van der Waals surface area contributed by atoms with Crippen LogP contribution in [0.25, 0.3) is 0 Å². The number of aromatic amines is 1. The molecule has 0 aliphatic carbocycles. The summed E-state index contributed by atoms with van der Waals surface area (Å²) in [6.45, 7) is -3.90. The highest BCUT2D eigenvalue weighted by Gasteiger charge is 2.57. The van der Waals surface area contributed by atoms with Crippen molar-refractivity contribution in [3.8, 4) is 0 Å². The van der Waals surface area contributed by atoms with Crippen LogP contribution < -0.4 is 11.2 Å². The van der Waals surface area contributed by atoms with Gasteiger partial charge in [-0.3, -0.25) is 18.9 Å². The number of aliphatic hydroxyl groups is 2. The molecule has 1 aliphatic rings. The minimum absolute atomic E-state index is 0.449. The maximum absolute atomic E-state index is 14.7. The Labute approximate surface area is 123 Å². The first-order chi connectivity index (χ1) is 10.8. The standard InChI is InChI=1S/C9H12FN2O9P/c10-9(3-20-22(17,18)19)6(15)5(14)7(21-9)12-2-1-4(13)11-8(12)16/h1-2,5-7,14-15H,3H2,(H,11,13,16)(H2,17,18,19)/t5-,6+,7-,9-/m1/s1/i3D2. The van der Waals surface area contributed by atoms with Gasteiger partial charge in [0.1, 0.15) is 18.8 Å². The molecular formula is C9H12FN2O9P. The van der Waals surface area contributed by atoms with Crippen LogP contribution in [0.3, 0.4) is 0 Å². The predicted octanol–water partition coefficient (Wildman–Crippen LogP) is -2.44. The highest BCUT2D eigenvalue weighted by atomic mass is 31.2. The van der Waals surface area contributed by atoms with Crippen LogP contribution in [0.2, 0.25) is 0 Å². The van der Waals surface area contributed by atoms with Gasteiger partial charge in [0.25, 0.3) is 11.4 Å². The van der Waals surface area contributed by atoms with Gasteiger partial charge in [0.2, 0.25) is 0 Å². The summed E-state index contributed by atoms with van der Waals surface area (Å²) in [5, 5.41) is 19.5. The van der Waals surface area contributed by atoms with Gasteiger partial charge in [-0.05, 0) is 0 Å². The summed E-state index contributed by atoms with van der Waals surface area (Å²) in [4.78, 5) is 41.6. The van der Waals surface area contributed by atoms with E-state index in [-0.39, 0.29) is 0 Å². The van der Waals surface area contributed by atoms with Crippen LogP contribution in [-0.4, -0.2) is 54.2 Å². The van der Waals surface area contributed by atoms with Gasteiger partial charge in [-0.1, -0.05) is 0 Å². The number of nitrogens with one attached hydrogen (secondary N) is 1. The average Bonchev–Trinajstić information content (AvgIpc) is 2.62. The molecule has 124 valence electrons. The number of nitrogens with zero attached hydrogens (tertiary/aromatic N) is 1. The first kappa shape index (κ1) is 14.2. The number of phosphoric ester groups is 1. The number of hydrogen-bond donors (Lipinski definition) is 5. The third kappa shape index (κ3) is 3.33. The van der Waals surface area contributed by atoms with E-state index in [1.165, 1.54) is 0 Å². The molecule has 0 spiro atoms. The van der Waals surface area contributed by atoms with Gasteiger partial charge in [0.05, 0.1) is 2.74 Å². The summed E-state index contributed by atoms with van der Waals surface area (Å²) in [7, 11) is -5.54. The highest BCUT2D eigenvalue weighted by molar-refractivity contribution is 7.46. The van der Waals surface area contributed by atoms with Crippen LogP contribution in [0.4, 0.5) is 4.39 Å². The lowest BCUT2D eigenvalue weighted by Crippen LogP contribution is -2.43. The summed E-state index contributed by atoms with van der Waals surface area (Å²) >= 11 is 0. The van der Waals surface area contributed by atoms with Gasteiger partial charge >= 0.3 is 13.5 Å². The van der Waals surface area contributed by atoms with E-state index in [1.54, 1.807) is 4.98 Å². The zero-order valence-corrected chi connectivity index (χ0v) is 11.4. The van der Waals surface area contributed by atoms with E-state index in [0.717, 1.165) is 12.3 Å². The number of aromatic nitrogens is 2. The molecule has 0 unspecified atom stereocenters. The highest BCUT2D eigenvalue weighted by Crippen LogP contribution is 2.43. The molecule has 1 fully saturated rings. The molecule has 0 amide bonds. The lowest BCUT2D eigenvalue weighted by Gasteiger charge is -2.22. The molecule has 2 heterocycles. The van der Waals surface area contributed by atoms with Crippen molar-refractivity contribution < 1.29 is 41.0 Å². The number of H-pyrrole nitrogens is 1. The van der Waals surface area contributed by atoms with E-state index in [4.69, 9.17) is 12.5 Å². The molecule has 1 saturated heterocycles. The molecule has 0 saturated carbocycles. The Morgan fingerprint density at radius 3 is 2.73 bits per heavy atom. The zero-order valence-electron chi connectivity index (χ0n) is 12.5. The molecule has 1 aliphatic heterocycles. The molecule has 0 radical (unpaired) electrons. The number of rotatable bonds is 4. The Balaban J connectivity index is 2.44. The maximum Gasteiger partial charge on any atom is 0.469 e. The largest absolute Gasteiger partial charge is 0.469 e. The summed E-state index contributed by atoms with van der Waals surface area (Å²) in [6, 6.07) is 0.808. The average molecular weight is 344 g/mol. The van der Waals surface area contributed by atoms with Crippen molar-refractivity contribution in [3.05, 3.63) is 33.1 Å². The minimum Gasteiger partial charge on any atom is -0.385 e. The van der Waals surface area contributed by atoms with E-state index >= 15 is 0 Å². The maximum atomic E-state index is 14.7. The fraction of sp³-hybridized carbons (Fsp3) is 0.556. The van der Waals surface area contributed by atoms with Crippen LogP contribution in [0.5, 0.6) is 0 Å². The van der Waals surface area contributed by atoms with Crippen LogP contribution in [-0.2, 0) is 13.8 Å². The molecule has 22 heavy (non-hydrogen) atoms. The Hall–Kier alpha value is -1.40. The number of aliphatic hydroxyl groups excluding tert-OH is 2. The molecular weight excluding hydrogens is 330 g/mol. The lowest BCUT2D eigenvalue weighted by atomic mass is 10.1. The first-order valence-electron chi connectivity index (χ1n) is 6.59. The molecule has 5 N–H and O–H groups in total. The van der Waals surface area contributed by atoms with Crippen molar-refractivity contribution in [2.24, 2.45) is 0 Å². The van der Waals surface area contributed by atoms with E-state index in [9.17, 15) is 28.8 Å². The van der Waals surface area contributed by atoms with E-state index in [0.29, 0.717) is 4.57 Å². The Kier molecular flexibility index (Phi) is 3.66. The quantitative estimate of drug-likeness (QED) is 0.372. The number of hydrogen-bond acceptors (Lipinski definition) is 7. The summed E-state index contributed by atoms with van der Waals surface area (Å²) < 4.78 is 48.7. The Morgan fingerprint density at radius 2 is 2.18 bits per heavy atom. The van der Waals surface area contributed by atoms with Crippen LogP contribution >= 0.6 is 7.82 Å². The van der Waals surface area contributed by atoms with Gasteiger partial charge in [-0.25, -0.2) is 13.8 Å². The van der Waals surface area contributed by atoms with Crippen LogP contribution in [0, 0.1) is 0 Å². The number of ether oxygens (including phenoxy) is 1. The van der Waals surface area contributed by atoms with E-state index < -0.39 is 49.9 Å². The Bertz CT molecular complexity index is 794. The van der Waals surface area contributed by atoms with Crippen LogP contribution in [0.1, 0.15) is 8.97 Å². The van der Waals surface area contributed by atoms with Gasteiger partial charge in [-0.15, -0.1) is 0 Å². The second-order valence-electron chi connectivity index (χ2n) is 4.29. The molecule has 0 aromatic carbocycles. The van der Waals surface area contributed by atoms with Gasteiger partial charge in [0, 0.05) is 12.3 Å². The second-order valence-corrected chi connectivity index (χ2v) is 5.45. The summed E-state index contributed by atoms with van der Waals surface area (Å²) in [5.41, 5.74) is -1.99. The first-order valence-corrected chi connectivity index (χ1v) is 7.12. The molecule has 4 atom stereocenters. The number of phosphoric acid groups is 1. The normalized spacial score (nSPS) is 34.3. The second kappa shape index (κ2) is 5.66. The number of alkyl halides is 1. The van der Waals surface area contributed by atoms with Crippen LogP contribution in [0.15, 0.2) is 21.9 Å². The molecule has 2 rings (SSSR count). The van der Waals surface area contributed by atoms with Crippen molar-refractivity contribution in [2.75, 3.05) is 6.56 Å². The molecule has 0 bridgehead atoms. The molecule has 13 heteroatoms. The predicted molar refractivity (Wildman–Crippen MR) is 65.3 cm³/mol. The topological polar surface area (TPSA) is 171 Å². The van der Waals surface area contributed by atoms with Crippen molar-refractivity contribution in [3.63, 3.8) is 0 Å². The zero-order chi connectivity index (χ0) is 18.5. The molecule has 11 nitrogen and oxygen atoms in total. The van der Waals surface area contributed by atoms with Gasteiger partial charge in [0.15, 0.2) is 6.23 Å². The van der Waals surface area contributed by atoms with E-state index in [2.05, 4.69) is 9.26 Å². The lowest BCUT2D eigenvalue weighted by molar-refractivity contribution is -0.205. The third-order valence-electron chi connectivity index (χ3n) is 2.72. The van der Waals surface area contributed by atoms with Crippen molar-refractivity contribution in [1.82, 2.24) is 9.55 Å². The Morgan fingerprint density at radius 1 is 1.55 bits per heavy atom. The molecule has 1 aromatic rings. The fourth-order valence-corrected chi connectivity index (χ4v) is 1.99. The monoisotopic (exact) mass is 344 g/mol. The minimum atomic E-state index is -5.54. The number of halogens is 1. The summed E-state index contributed by atoms with van der Waals surface area (Å²) in [5.74, 6) is -3.94. The summed E-state index contributed by atoms with van der Waals surface area (Å²) in [6.07, 6.45) is -6.13. The fourth-order valence-electron chi connectivity index (χ4n) is 1.75. The van der Waals surface area contributed by atoms with Gasteiger partial charge in [-0.2, -0.15) is 0 Å². The smallest absolute Gasteiger partial charge is 0.385 e. The third-order valence-corrected chi connectivity index (χ3v) is 3.05. The van der Waals surface area contributed by atoms with Crippen molar-refractivity contribution in [2.45, 2.75) is 24.3 Å². The van der Waals surface area contributed by atoms with Gasteiger partial charge < -0.3 is 24.7 Å². The SMILES string of the molecule is [2H]C([2H])(OP(=O)(O)O)[C@@]1(F)O[C@@H](n2ccc(=O)[nH]c2=O)[C@H](O)[C@@H]1O. The van der Waals surface area contributed by atoms with Crippen molar-refractivity contribution >= 4 is 7.82 Å².